The first-order valence-corrected chi connectivity index (χ1v) is 5.73. The predicted molar refractivity (Wildman–Crippen MR) is 67.5 cm³/mol. The Bertz CT molecular complexity index is 400. The smallest absolute Gasteiger partial charge is 0.337 e. The van der Waals surface area contributed by atoms with E-state index < -0.39 is 5.97 Å². The molecule has 98 valence electrons. The van der Waals surface area contributed by atoms with Gasteiger partial charge in [-0.3, -0.25) is 4.79 Å². The van der Waals surface area contributed by atoms with Crippen LogP contribution in [0.15, 0.2) is 24.3 Å². The molecule has 0 atom stereocenters. The molecule has 1 aromatic rings. The molecule has 1 amide bonds. The van der Waals surface area contributed by atoms with Crippen molar-refractivity contribution in [1.82, 2.24) is 0 Å². The summed E-state index contributed by atoms with van der Waals surface area (Å²) in [5, 5.41) is 2.67. The number of benzene rings is 1. The van der Waals surface area contributed by atoms with E-state index >= 15 is 0 Å². The van der Waals surface area contributed by atoms with Gasteiger partial charge in [0.15, 0.2) is 0 Å². The first-order valence-electron chi connectivity index (χ1n) is 5.73. The number of esters is 1. The zero-order valence-corrected chi connectivity index (χ0v) is 10.6. The van der Waals surface area contributed by atoms with Crippen LogP contribution in [0.25, 0.3) is 0 Å². The van der Waals surface area contributed by atoms with Crippen molar-refractivity contribution < 1.29 is 19.1 Å². The third kappa shape index (κ3) is 4.55. The number of hydrogen-bond donors (Lipinski definition) is 1. The molecule has 0 aromatic heterocycles. The lowest BCUT2D eigenvalue weighted by Gasteiger charge is -2.06. The summed E-state index contributed by atoms with van der Waals surface area (Å²) in [5.41, 5.74) is 1.06. The highest BCUT2D eigenvalue weighted by Crippen LogP contribution is 2.10. The summed E-state index contributed by atoms with van der Waals surface area (Å²) in [6, 6.07) is 6.47. The Balaban J connectivity index is 2.48. The number of anilines is 1. The Hall–Kier alpha value is -1.88. The van der Waals surface area contributed by atoms with Gasteiger partial charge < -0.3 is 14.8 Å². The van der Waals surface area contributed by atoms with Gasteiger partial charge in [0, 0.05) is 12.3 Å². The van der Waals surface area contributed by atoms with E-state index in [0.717, 1.165) is 6.42 Å². The first-order chi connectivity index (χ1) is 8.67. The minimum absolute atomic E-state index is 0.0343. The molecule has 0 bridgehead atoms. The number of amides is 1. The number of nitrogens with one attached hydrogen (secondary N) is 1. The van der Waals surface area contributed by atoms with E-state index in [4.69, 9.17) is 4.74 Å². The van der Waals surface area contributed by atoms with Gasteiger partial charge in [-0.2, -0.15) is 0 Å². The van der Waals surface area contributed by atoms with Gasteiger partial charge in [0.25, 0.3) is 0 Å². The van der Waals surface area contributed by atoms with Gasteiger partial charge >= 0.3 is 5.97 Å². The zero-order chi connectivity index (χ0) is 13.4. The fourth-order valence-electron chi connectivity index (χ4n) is 1.31. The van der Waals surface area contributed by atoms with Crippen molar-refractivity contribution in [3.8, 4) is 0 Å². The van der Waals surface area contributed by atoms with Gasteiger partial charge in [-0.1, -0.05) is 6.92 Å². The highest BCUT2D eigenvalue weighted by molar-refractivity contribution is 5.93. The third-order valence-corrected chi connectivity index (χ3v) is 2.17. The maximum atomic E-state index is 11.4. The molecule has 0 aliphatic carbocycles. The molecular weight excluding hydrogens is 234 g/mol. The molecule has 18 heavy (non-hydrogen) atoms. The predicted octanol–water partition coefficient (Wildman–Crippen LogP) is 1.84. The van der Waals surface area contributed by atoms with Gasteiger partial charge in [0.2, 0.25) is 5.91 Å². The van der Waals surface area contributed by atoms with Crippen molar-refractivity contribution in [2.24, 2.45) is 0 Å². The van der Waals surface area contributed by atoms with Crippen molar-refractivity contribution in [2.75, 3.05) is 25.6 Å². The molecule has 0 radical (unpaired) electrons. The molecule has 5 nitrogen and oxygen atoms in total. The molecular formula is C13H17NO4. The third-order valence-electron chi connectivity index (χ3n) is 2.17. The number of methoxy groups -OCH3 is 1. The minimum atomic E-state index is -0.404. The lowest BCUT2D eigenvalue weighted by molar-refractivity contribution is -0.120. The van der Waals surface area contributed by atoms with Gasteiger partial charge in [-0.05, 0) is 30.7 Å². The molecule has 0 spiro atoms. The molecule has 0 aliphatic heterocycles. The minimum Gasteiger partial charge on any atom is -0.465 e. The maximum Gasteiger partial charge on any atom is 0.337 e. The SMILES string of the molecule is CCCOCC(=O)Nc1ccc(C(=O)OC)cc1. The molecule has 0 saturated carbocycles. The Morgan fingerprint density at radius 1 is 1.22 bits per heavy atom. The Labute approximate surface area is 106 Å². The van der Waals surface area contributed by atoms with E-state index in [-0.39, 0.29) is 12.5 Å². The molecule has 0 heterocycles. The van der Waals surface area contributed by atoms with Crippen LogP contribution >= 0.6 is 0 Å². The fraction of sp³-hybridized carbons (Fsp3) is 0.385. The maximum absolute atomic E-state index is 11.4. The van der Waals surface area contributed by atoms with E-state index in [1.54, 1.807) is 24.3 Å². The van der Waals surface area contributed by atoms with Crippen LogP contribution in [0.5, 0.6) is 0 Å². The lowest BCUT2D eigenvalue weighted by atomic mass is 10.2. The summed E-state index contributed by atoms with van der Waals surface area (Å²) in [5.74, 6) is -0.617. The number of carbonyl (C=O) groups is 2. The molecule has 5 heteroatoms. The molecule has 0 aliphatic rings. The van der Waals surface area contributed by atoms with Crippen LogP contribution in [0.4, 0.5) is 5.69 Å². The normalized spacial score (nSPS) is 9.89. The average Bonchev–Trinajstić information content (AvgIpc) is 2.39. The number of rotatable bonds is 6. The van der Waals surface area contributed by atoms with Crippen LogP contribution in [0, 0.1) is 0 Å². The van der Waals surface area contributed by atoms with Crippen molar-refractivity contribution in [3.63, 3.8) is 0 Å². The van der Waals surface area contributed by atoms with Gasteiger partial charge in [-0.25, -0.2) is 4.79 Å². The topological polar surface area (TPSA) is 64.6 Å². The molecule has 0 saturated heterocycles. The second-order valence-electron chi connectivity index (χ2n) is 3.67. The zero-order valence-electron chi connectivity index (χ0n) is 10.6. The van der Waals surface area contributed by atoms with Gasteiger partial charge in [-0.15, -0.1) is 0 Å². The molecule has 0 unspecified atom stereocenters. The van der Waals surface area contributed by atoms with E-state index in [1.165, 1.54) is 7.11 Å². The summed E-state index contributed by atoms with van der Waals surface area (Å²) in [6.45, 7) is 2.57. The largest absolute Gasteiger partial charge is 0.465 e. The van der Waals surface area contributed by atoms with E-state index in [1.807, 2.05) is 6.92 Å². The summed E-state index contributed by atoms with van der Waals surface area (Å²) in [6.07, 6.45) is 0.876. The quantitative estimate of drug-likeness (QED) is 0.619. The highest BCUT2D eigenvalue weighted by atomic mass is 16.5. The Morgan fingerprint density at radius 3 is 2.44 bits per heavy atom. The van der Waals surface area contributed by atoms with Crippen molar-refractivity contribution >= 4 is 17.6 Å². The first kappa shape index (κ1) is 14.2. The van der Waals surface area contributed by atoms with E-state index in [2.05, 4.69) is 10.1 Å². The number of hydrogen-bond acceptors (Lipinski definition) is 4. The van der Waals surface area contributed by atoms with Crippen molar-refractivity contribution in [2.45, 2.75) is 13.3 Å². The highest BCUT2D eigenvalue weighted by Gasteiger charge is 2.06. The van der Waals surface area contributed by atoms with Crippen LogP contribution < -0.4 is 5.32 Å². The fourth-order valence-corrected chi connectivity index (χ4v) is 1.31. The second kappa shape index (κ2) is 7.45. The van der Waals surface area contributed by atoms with Gasteiger partial charge in [0.1, 0.15) is 6.61 Å². The van der Waals surface area contributed by atoms with Crippen LogP contribution in [-0.4, -0.2) is 32.2 Å². The van der Waals surface area contributed by atoms with Crippen LogP contribution in [-0.2, 0) is 14.3 Å². The summed E-state index contributed by atoms with van der Waals surface area (Å²) in [4.78, 5) is 22.6. The van der Waals surface area contributed by atoms with E-state index in [9.17, 15) is 9.59 Å². The summed E-state index contributed by atoms with van der Waals surface area (Å²) < 4.78 is 9.69. The summed E-state index contributed by atoms with van der Waals surface area (Å²) >= 11 is 0. The van der Waals surface area contributed by atoms with Gasteiger partial charge in [0.05, 0.1) is 12.7 Å². The Morgan fingerprint density at radius 2 is 1.89 bits per heavy atom. The Kier molecular flexibility index (Phi) is 5.87. The lowest BCUT2D eigenvalue weighted by Crippen LogP contribution is -2.18. The van der Waals surface area contributed by atoms with Crippen molar-refractivity contribution in [3.05, 3.63) is 29.8 Å². The van der Waals surface area contributed by atoms with E-state index in [0.29, 0.717) is 17.9 Å². The van der Waals surface area contributed by atoms with Crippen LogP contribution in [0.1, 0.15) is 23.7 Å². The van der Waals surface area contributed by atoms with Crippen LogP contribution in [0.3, 0.4) is 0 Å². The number of ether oxygens (including phenoxy) is 2. The van der Waals surface area contributed by atoms with Crippen molar-refractivity contribution in [1.29, 1.82) is 0 Å². The molecule has 1 aromatic carbocycles. The molecule has 1 rings (SSSR count). The number of carbonyl (C=O) groups excluding carboxylic acids is 2. The summed E-state index contributed by atoms with van der Waals surface area (Å²) in [7, 11) is 1.32. The second-order valence-corrected chi connectivity index (χ2v) is 3.67. The van der Waals surface area contributed by atoms with Crippen LogP contribution in [0.2, 0.25) is 0 Å². The molecule has 0 fully saturated rings. The standard InChI is InChI=1S/C13H17NO4/c1-3-8-18-9-12(15)14-11-6-4-10(5-7-11)13(16)17-2/h4-7H,3,8-9H2,1-2H3,(H,14,15). The monoisotopic (exact) mass is 251 g/mol. The molecule has 1 N–H and O–H groups in total. The average molecular weight is 251 g/mol.